The van der Waals surface area contributed by atoms with Gasteiger partial charge in [0.1, 0.15) is 5.75 Å². The number of rotatable bonds is 8. The number of likely N-dealkylation sites (tertiary alicyclic amines) is 1. The minimum Gasteiger partial charge on any atom is -0.491 e. The Morgan fingerprint density at radius 2 is 1.62 bits per heavy atom. The van der Waals surface area contributed by atoms with Crippen molar-refractivity contribution >= 4 is 5.97 Å². The van der Waals surface area contributed by atoms with E-state index in [9.17, 15) is 14.7 Å². The van der Waals surface area contributed by atoms with Crippen LogP contribution in [0.4, 0.5) is 0 Å². The van der Waals surface area contributed by atoms with Crippen molar-refractivity contribution in [1.82, 2.24) is 9.47 Å². The third-order valence-corrected chi connectivity index (χ3v) is 7.49. The van der Waals surface area contributed by atoms with E-state index in [0.29, 0.717) is 0 Å². The summed E-state index contributed by atoms with van der Waals surface area (Å²) in [5, 5.41) is 9.23. The van der Waals surface area contributed by atoms with Gasteiger partial charge in [0.15, 0.2) is 0 Å². The van der Waals surface area contributed by atoms with Gasteiger partial charge in [-0.3, -0.25) is 9.69 Å². The van der Waals surface area contributed by atoms with Crippen LogP contribution in [0.25, 0.3) is 0 Å². The van der Waals surface area contributed by atoms with Crippen molar-refractivity contribution in [3.05, 3.63) is 62.6 Å². The molecule has 3 aliphatic rings. The van der Waals surface area contributed by atoms with Crippen molar-refractivity contribution in [1.29, 1.82) is 0 Å². The zero-order chi connectivity index (χ0) is 24.0. The maximum absolute atomic E-state index is 12.7. The van der Waals surface area contributed by atoms with E-state index in [1.807, 2.05) is 6.92 Å². The number of aryl methyl sites for hydroxylation is 1. The van der Waals surface area contributed by atoms with Crippen LogP contribution in [0, 0.1) is 6.92 Å². The van der Waals surface area contributed by atoms with Crippen molar-refractivity contribution in [2.24, 2.45) is 0 Å². The summed E-state index contributed by atoms with van der Waals surface area (Å²) in [4.78, 5) is 26.4. The first-order valence-electron chi connectivity index (χ1n) is 12.8. The molecule has 1 aliphatic heterocycles. The predicted octanol–water partition coefficient (Wildman–Crippen LogP) is 5.23. The van der Waals surface area contributed by atoms with Gasteiger partial charge in [-0.1, -0.05) is 6.07 Å². The topological polar surface area (TPSA) is 71.8 Å². The second-order valence-corrected chi connectivity index (χ2v) is 10.7. The number of hydrogen-bond donors (Lipinski definition) is 1. The Bertz CT molecular complexity index is 1140. The van der Waals surface area contributed by atoms with Gasteiger partial charge in [-0.15, -0.1) is 0 Å². The molecule has 0 bridgehead atoms. The van der Waals surface area contributed by atoms with E-state index in [0.717, 1.165) is 55.8 Å². The van der Waals surface area contributed by atoms with Gasteiger partial charge in [-0.2, -0.15) is 0 Å². The van der Waals surface area contributed by atoms with Gasteiger partial charge in [0, 0.05) is 43.0 Å². The van der Waals surface area contributed by atoms with E-state index >= 15 is 0 Å². The Kier molecular flexibility index (Phi) is 6.28. The second kappa shape index (κ2) is 9.21. The molecule has 5 rings (SSSR count). The number of carboxylic acids is 1. The van der Waals surface area contributed by atoms with Crippen LogP contribution in [0.5, 0.6) is 5.75 Å². The van der Waals surface area contributed by atoms with Crippen LogP contribution >= 0.6 is 0 Å². The lowest BCUT2D eigenvalue weighted by atomic mass is 9.95. The van der Waals surface area contributed by atoms with Crippen molar-refractivity contribution in [3.8, 4) is 5.75 Å². The number of ether oxygens (including phenoxy) is 1. The predicted molar refractivity (Wildman–Crippen MR) is 132 cm³/mol. The van der Waals surface area contributed by atoms with E-state index in [1.165, 1.54) is 42.9 Å². The van der Waals surface area contributed by atoms with Gasteiger partial charge in [-0.05, 0) is 94.4 Å². The van der Waals surface area contributed by atoms with Gasteiger partial charge in [0.25, 0.3) is 5.56 Å². The SMILES string of the molecule is Cc1cc(C(=O)O)cc(=O)n1C1CCN(Cc2cc(C3CC3)c(C3CC3)cc2OC(C)C)CC1. The molecule has 0 amide bonds. The highest BCUT2D eigenvalue weighted by Crippen LogP contribution is 2.51. The summed E-state index contributed by atoms with van der Waals surface area (Å²) in [6, 6.07) is 7.75. The van der Waals surface area contributed by atoms with Gasteiger partial charge < -0.3 is 14.4 Å². The van der Waals surface area contributed by atoms with E-state index in [1.54, 1.807) is 16.2 Å². The highest BCUT2D eigenvalue weighted by Gasteiger charge is 2.34. The molecule has 0 unspecified atom stereocenters. The quantitative estimate of drug-likeness (QED) is 0.579. The van der Waals surface area contributed by atoms with Crippen LogP contribution < -0.4 is 10.3 Å². The third-order valence-electron chi connectivity index (χ3n) is 7.49. The second-order valence-electron chi connectivity index (χ2n) is 10.7. The Morgan fingerprint density at radius 3 is 2.15 bits per heavy atom. The van der Waals surface area contributed by atoms with Crippen LogP contribution in [-0.4, -0.2) is 39.7 Å². The highest BCUT2D eigenvalue weighted by atomic mass is 16.5. The lowest BCUT2D eigenvalue weighted by Gasteiger charge is -2.34. The molecule has 6 nitrogen and oxygen atoms in total. The number of nitrogens with zero attached hydrogens (tertiary/aromatic N) is 2. The molecule has 1 saturated heterocycles. The summed E-state index contributed by atoms with van der Waals surface area (Å²) in [5.74, 6) is 1.44. The molecule has 2 aromatic rings. The molecule has 6 heteroatoms. The molecule has 1 aromatic carbocycles. The molecule has 34 heavy (non-hydrogen) atoms. The summed E-state index contributed by atoms with van der Waals surface area (Å²) in [6.45, 7) is 8.69. The number of carbonyl (C=O) groups is 1. The van der Waals surface area contributed by atoms with Gasteiger partial charge in [0.05, 0.1) is 11.7 Å². The molecule has 0 atom stereocenters. The zero-order valence-corrected chi connectivity index (χ0v) is 20.5. The number of aromatic carboxylic acids is 1. The maximum atomic E-state index is 12.7. The largest absolute Gasteiger partial charge is 0.491 e. The fraction of sp³-hybridized carbons (Fsp3) is 0.571. The molecule has 1 aromatic heterocycles. The Hall–Kier alpha value is -2.60. The normalized spacial score (nSPS) is 19.5. The molecular weight excluding hydrogens is 428 g/mol. The maximum Gasteiger partial charge on any atom is 0.335 e. The molecule has 2 aliphatic carbocycles. The van der Waals surface area contributed by atoms with E-state index < -0.39 is 5.97 Å². The van der Waals surface area contributed by atoms with E-state index in [2.05, 4.69) is 30.9 Å². The number of pyridine rings is 1. The summed E-state index contributed by atoms with van der Waals surface area (Å²) in [7, 11) is 0. The lowest BCUT2D eigenvalue weighted by molar-refractivity contribution is 0.0696. The number of benzene rings is 1. The first kappa shape index (κ1) is 23.2. The van der Waals surface area contributed by atoms with E-state index in [-0.39, 0.29) is 23.3 Å². The van der Waals surface area contributed by atoms with Gasteiger partial charge >= 0.3 is 5.97 Å². The monoisotopic (exact) mass is 464 g/mol. The average Bonchev–Trinajstić information content (AvgIpc) is 3.68. The number of carboxylic acid groups (broad SMARTS) is 1. The molecule has 3 fully saturated rings. The van der Waals surface area contributed by atoms with Crippen LogP contribution in [0.1, 0.15) is 103 Å². The lowest BCUT2D eigenvalue weighted by Crippen LogP contribution is -2.38. The molecule has 2 heterocycles. The summed E-state index contributed by atoms with van der Waals surface area (Å²) in [6.07, 6.45) is 7.13. The number of aromatic nitrogens is 1. The minimum atomic E-state index is -1.06. The zero-order valence-electron chi connectivity index (χ0n) is 20.5. The van der Waals surface area contributed by atoms with Crippen LogP contribution in [0.2, 0.25) is 0 Å². The summed E-state index contributed by atoms with van der Waals surface area (Å²) < 4.78 is 8.08. The summed E-state index contributed by atoms with van der Waals surface area (Å²) >= 11 is 0. The molecule has 1 N–H and O–H groups in total. The smallest absolute Gasteiger partial charge is 0.335 e. The highest BCUT2D eigenvalue weighted by molar-refractivity contribution is 5.87. The number of hydrogen-bond acceptors (Lipinski definition) is 4. The van der Waals surface area contributed by atoms with Crippen LogP contribution in [-0.2, 0) is 6.54 Å². The fourth-order valence-corrected chi connectivity index (χ4v) is 5.52. The van der Waals surface area contributed by atoms with Crippen molar-refractivity contribution in [3.63, 3.8) is 0 Å². The standard InChI is InChI=1S/C28H36N2O4/c1-17(2)34-26-15-25(20-6-7-20)24(19-4-5-19)13-22(26)16-29-10-8-23(9-11-29)30-18(3)12-21(28(32)33)14-27(30)31/h12-15,17,19-20,23H,4-11,16H2,1-3H3,(H,32,33). The fourth-order valence-electron chi connectivity index (χ4n) is 5.52. The molecular formula is C28H36N2O4. The summed E-state index contributed by atoms with van der Waals surface area (Å²) in [5.41, 5.74) is 4.95. The first-order chi connectivity index (χ1) is 16.3. The Labute approximate surface area is 201 Å². The van der Waals surface area contributed by atoms with Crippen molar-refractivity contribution in [2.45, 2.75) is 89.8 Å². The molecule has 0 radical (unpaired) electrons. The van der Waals surface area contributed by atoms with Crippen molar-refractivity contribution in [2.75, 3.05) is 13.1 Å². The first-order valence-corrected chi connectivity index (χ1v) is 12.8. The van der Waals surface area contributed by atoms with Gasteiger partial charge in [0.2, 0.25) is 0 Å². The Balaban J connectivity index is 1.32. The van der Waals surface area contributed by atoms with Crippen LogP contribution in [0.15, 0.2) is 29.1 Å². The minimum absolute atomic E-state index is 0.0648. The number of piperidine rings is 1. The Morgan fingerprint density at radius 1 is 1.00 bits per heavy atom. The van der Waals surface area contributed by atoms with Gasteiger partial charge in [-0.25, -0.2) is 4.79 Å². The average molecular weight is 465 g/mol. The molecule has 182 valence electrons. The van der Waals surface area contributed by atoms with Crippen LogP contribution in [0.3, 0.4) is 0 Å². The molecule has 2 saturated carbocycles. The molecule has 0 spiro atoms. The van der Waals surface area contributed by atoms with Crippen molar-refractivity contribution < 1.29 is 14.6 Å². The van der Waals surface area contributed by atoms with E-state index in [4.69, 9.17) is 4.74 Å². The third kappa shape index (κ3) is 4.92.